The van der Waals surface area contributed by atoms with Gasteiger partial charge < -0.3 is 0 Å². The summed E-state index contributed by atoms with van der Waals surface area (Å²) < 4.78 is 0. The molecule has 0 spiro atoms. The number of carbonyl (C=O) groups excluding carboxylic acids is 1. The highest BCUT2D eigenvalue weighted by atomic mass is 31.1. The van der Waals surface area contributed by atoms with Gasteiger partial charge in [0.25, 0.3) is 0 Å². The van der Waals surface area contributed by atoms with Gasteiger partial charge in [0.15, 0.2) is 0 Å². The molecule has 1 atom stereocenters. The molecule has 0 saturated carbocycles. The van der Waals surface area contributed by atoms with Crippen LogP contribution in [0.1, 0.15) is 6.42 Å². The molecule has 4 heteroatoms. The number of hydrazine groups is 1. The number of amides is 1. The van der Waals surface area contributed by atoms with Crippen molar-refractivity contribution in [2.24, 2.45) is 0 Å². The Kier molecular flexibility index (Phi) is 1.60. The van der Waals surface area contributed by atoms with Gasteiger partial charge in [0.2, 0.25) is 5.91 Å². The Bertz CT molecular complexity index is 77.0. The van der Waals surface area contributed by atoms with Crippen LogP contribution in [0.4, 0.5) is 0 Å². The minimum absolute atomic E-state index is 0.110. The van der Waals surface area contributed by atoms with E-state index in [4.69, 9.17) is 0 Å². The van der Waals surface area contributed by atoms with Crippen molar-refractivity contribution >= 4 is 14.6 Å². The lowest BCUT2D eigenvalue weighted by Crippen LogP contribution is -2.35. The van der Waals surface area contributed by atoms with Crippen molar-refractivity contribution in [3.8, 4) is 0 Å². The molecule has 0 aromatic heterocycles. The van der Waals surface area contributed by atoms with Crippen LogP contribution in [0.5, 0.6) is 0 Å². The molecule has 0 aromatic carbocycles. The second-order valence-electron chi connectivity index (χ2n) is 1.35. The molecular weight excluding hydrogens is 111 g/mol. The van der Waals surface area contributed by atoms with E-state index in [0.29, 0.717) is 15.2 Å². The highest BCUT2D eigenvalue weighted by Crippen LogP contribution is 2.06. The van der Waals surface area contributed by atoms with Crippen molar-refractivity contribution in [1.29, 1.82) is 0 Å². The summed E-state index contributed by atoms with van der Waals surface area (Å²) in [5.74, 6) is 0.110. The van der Waals surface area contributed by atoms with Gasteiger partial charge in [0.05, 0.1) is 0 Å². The maximum atomic E-state index is 10.3. The van der Waals surface area contributed by atoms with Crippen molar-refractivity contribution < 1.29 is 4.79 Å². The van der Waals surface area contributed by atoms with Gasteiger partial charge in [-0.3, -0.25) is 10.2 Å². The maximum absolute atomic E-state index is 10.3. The molecule has 1 unspecified atom stereocenters. The normalized spacial score (nSPS) is 24.9. The van der Waals surface area contributed by atoms with Crippen molar-refractivity contribution in [3.63, 3.8) is 0 Å². The first-order valence-electron chi connectivity index (χ1n) is 2.16. The van der Waals surface area contributed by atoms with Gasteiger partial charge in [0.1, 0.15) is 0 Å². The lowest BCUT2D eigenvalue weighted by atomic mass is 10.5. The standard InChI is InChI=1S/C3H7N2OP/c6-3-1-2-7-5-4-3/h5,7H,1-2H2,(H,4,6). The second kappa shape index (κ2) is 2.24. The predicted octanol–water partition coefficient (Wildman–Crippen LogP) is -0.396. The molecule has 40 valence electrons. The fraction of sp³-hybridized carbons (Fsp3) is 0.667. The van der Waals surface area contributed by atoms with E-state index in [1.807, 2.05) is 0 Å². The van der Waals surface area contributed by atoms with E-state index in [1.165, 1.54) is 0 Å². The van der Waals surface area contributed by atoms with Gasteiger partial charge >= 0.3 is 0 Å². The van der Waals surface area contributed by atoms with E-state index in [9.17, 15) is 4.79 Å². The summed E-state index contributed by atoms with van der Waals surface area (Å²) in [4.78, 5) is 10.3. The number of hydrogen-bond donors (Lipinski definition) is 2. The summed E-state index contributed by atoms with van der Waals surface area (Å²) >= 11 is 0. The molecule has 0 bridgehead atoms. The van der Waals surface area contributed by atoms with Crippen LogP contribution in [0.25, 0.3) is 0 Å². The average Bonchev–Trinajstić information content (AvgIpc) is 1.69. The molecule has 1 amide bonds. The summed E-state index contributed by atoms with van der Waals surface area (Å²) in [6, 6.07) is 0. The Hall–Kier alpha value is -0.140. The summed E-state index contributed by atoms with van der Waals surface area (Å²) in [5.41, 5.74) is 2.51. The Morgan fingerprint density at radius 1 is 1.71 bits per heavy atom. The van der Waals surface area contributed by atoms with Gasteiger partial charge in [-0.2, -0.15) is 0 Å². The van der Waals surface area contributed by atoms with Crippen molar-refractivity contribution in [3.05, 3.63) is 0 Å². The third-order valence-corrected chi connectivity index (χ3v) is 1.57. The van der Waals surface area contributed by atoms with Crippen LogP contribution in [0, 0.1) is 0 Å². The molecule has 1 saturated heterocycles. The molecule has 0 radical (unpaired) electrons. The van der Waals surface area contributed by atoms with Gasteiger partial charge in [0, 0.05) is 6.42 Å². The Balaban J connectivity index is 2.25. The third-order valence-electron chi connectivity index (χ3n) is 0.767. The largest absolute Gasteiger partial charge is 0.288 e. The molecule has 1 aliphatic rings. The van der Waals surface area contributed by atoms with Crippen LogP contribution in [-0.2, 0) is 4.79 Å². The molecule has 3 nitrogen and oxygen atoms in total. The van der Waals surface area contributed by atoms with Gasteiger partial charge in [-0.05, 0) is 14.9 Å². The van der Waals surface area contributed by atoms with Crippen LogP contribution in [-0.4, -0.2) is 12.1 Å². The van der Waals surface area contributed by atoms with Crippen LogP contribution in [0.15, 0.2) is 0 Å². The molecular formula is C3H7N2OP. The number of rotatable bonds is 0. The fourth-order valence-corrected chi connectivity index (χ4v) is 1.12. The molecule has 1 fully saturated rings. The first kappa shape index (κ1) is 5.01. The lowest BCUT2D eigenvalue weighted by molar-refractivity contribution is -0.121. The molecule has 1 rings (SSSR count). The number of carbonyl (C=O) groups is 1. The van der Waals surface area contributed by atoms with Crippen molar-refractivity contribution in [1.82, 2.24) is 10.6 Å². The average molecular weight is 118 g/mol. The van der Waals surface area contributed by atoms with E-state index in [0.717, 1.165) is 6.16 Å². The Labute approximate surface area is 43.7 Å². The molecule has 1 heterocycles. The third kappa shape index (κ3) is 1.41. The minimum atomic E-state index is 0.110. The van der Waals surface area contributed by atoms with Crippen LogP contribution in [0.2, 0.25) is 0 Å². The Morgan fingerprint density at radius 2 is 2.57 bits per heavy atom. The zero-order valence-electron chi connectivity index (χ0n) is 3.82. The number of hydrogen-bond acceptors (Lipinski definition) is 2. The first-order chi connectivity index (χ1) is 3.39. The topological polar surface area (TPSA) is 41.1 Å². The quantitative estimate of drug-likeness (QED) is 0.425. The molecule has 0 aliphatic carbocycles. The first-order valence-corrected chi connectivity index (χ1v) is 3.37. The zero-order chi connectivity index (χ0) is 5.11. The zero-order valence-corrected chi connectivity index (χ0v) is 4.82. The second-order valence-corrected chi connectivity index (χ2v) is 2.45. The molecule has 0 aromatic rings. The van der Waals surface area contributed by atoms with Gasteiger partial charge in [-0.25, -0.2) is 5.20 Å². The van der Waals surface area contributed by atoms with Crippen LogP contribution < -0.4 is 10.6 Å². The van der Waals surface area contributed by atoms with Crippen molar-refractivity contribution in [2.75, 3.05) is 6.16 Å². The van der Waals surface area contributed by atoms with Crippen LogP contribution >= 0.6 is 8.73 Å². The SMILES string of the molecule is O=C1CCPNN1. The summed E-state index contributed by atoms with van der Waals surface area (Å²) in [6.07, 6.45) is 1.68. The lowest BCUT2D eigenvalue weighted by Gasteiger charge is -2.10. The summed E-state index contributed by atoms with van der Waals surface area (Å²) in [7, 11) is 0.706. The number of nitrogens with one attached hydrogen (secondary N) is 2. The highest BCUT2D eigenvalue weighted by molar-refractivity contribution is 7.35. The summed E-state index contributed by atoms with van der Waals surface area (Å²) in [5, 5.41) is 2.76. The summed E-state index contributed by atoms with van der Waals surface area (Å²) in [6.45, 7) is 0. The fourth-order valence-electron chi connectivity index (χ4n) is 0.415. The van der Waals surface area contributed by atoms with E-state index in [1.54, 1.807) is 0 Å². The van der Waals surface area contributed by atoms with E-state index in [2.05, 4.69) is 10.6 Å². The minimum Gasteiger partial charge on any atom is -0.288 e. The monoisotopic (exact) mass is 118 g/mol. The molecule has 2 N–H and O–H groups in total. The van der Waals surface area contributed by atoms with E-state index < -0.39 is 0 Å². The van der Waals surface area contributed by atoms with Crippen molar-refractivity contribution in [2.45, 2.75) is 6.42 Å². The van der Waals surface area contributed by atoms with Gasteiger partial charge in [-0.1, -0.05) is 0 Å². The van der Waals surface area contributed by atoms with E-state index >= 15 is 0 Å². The predicted molar refractivity (Wildman–Crippen MR) is 29.1 cm³/mol. The molecule has 1 aliphatic heterocycles. The highest BCUT2D eigenvalue weighted by Gasteiger charge is 2.03. The smallest absolute Gasteiger partial charge is 0.234 e. The maximum Gasteiger partial charge on any atom is 0.234 e. The molecule has 7 heavy (non-hydrogen) atoms. The van der Waals surface area contributed by atoms with Crippen LogP contribution in [0.3, 0.4) is 0 Å². The Morgan fingerprint density at radius 3 is 2.86 bits per heavy atom. The van der Waals surface area contributed by atoms with Gasteiger partial charge in [-0.15, -0.1) is 0 Å². The van der Waals surface area contributed by atoms with E-state index in [-0.39, 0.29) is 5.91 Å².